The number of nitrogens with zero attached hydrogens (tertiary/aromatic N) is 2. The van der Waals surface area contributed by atoms with Crippen molar-refractivity contribution < 1.29 is 18.0 Å². The van der Waals surface area contributed by atoms with E-state index < -0.39 is 28.5 Å². The molecule has 0 aliphatic carbocycles. The molecule has 33 heavy (non-hydrogen) atoms. The summed E-state index contributed by atoms with van der Waals surface area (Å²) in [6.45, 7) is 3.86. The molecular formula is C23H29BrClN3O4S. The summed E-state index contributed by atoms with van der Waals surface area (Å²) < 4.78 is 26.9. The first-order valence-electron chi connectivity index (χ1n) is 10.6. The lowest BCUT2D eigenvalue weighted by atomic mass is 10.1. The van der Waals surface area contributed by atoms with Gasteiger partial charge in [0.05, 0.1) is 11.9 Å². The number of anilines is 1. The van der Waals surface area contributed by atoms with Gasteiger partial charge in [-0.05, 0) is 49.2 Å². The van der Waals surface area contributed by atoms with Gasteiger partial charge in [-0.2, -0.15) is 0 Å². The van der Waals surface area contributed by atoms with Crippen LogP contribution in [0.4, 0.5) is 5.69 Å². The first-order chi connectivity index (χ1) is 15.5. The Morgan fingerprint density at radius 3 is 2.45 bits per heavy atom. The highest BCUT2D eigenvalue weighted by atomic mass is 79.9. The second-order valence-corrected chi connectivity index (χ2v) is 11.0. The molecule has 0 aliphatic rings. The number of sulfonamides is 1. The molecule has 7 nitrogen and oxygen atoms in total. The third-order valence-electron chi connectivity index (χ3n) is 5.01. The van der Waals surface area contributed by atoms with Crippen molar-refractivity contribution in [3.05, 3.63) is 63.6 Å². The fraction of sp³-hybridized carbons (Fsp3) is 0.391. The number of hydrogen-bond donors (Lipinski definition) is 1. The van der Waals surface area contributed by atoms with Crippen LogP contribution in [0.15, 0.2) is 53.0 Å². The summed E-state index contributed by atoms with van der Waals surface area (Å²) in [7, 11) is -3.79. The molecule has 2 aromatic carbocycles. The van der Waals surface area contributed by atoms with Crippen LogP contribution in [0.3, 0.4) is 0 Å². The molecule has 180 valence electrons. The van der Waals surface area contributed by atoms with E-state index in [9.17, 15) is 18.0 Å². The van der Waals surface area contributed by atoms with Crippen molar-refractivity contribution in [1.82, 2.24) is 10.2 Å². The number of unbranched alkanes of at least 4 members (excludes halogenated alkanes) is 1. The van der Waals surface area contributed by atoms with Crippen molar-refractivity contribution in [3.63, 3.8) is 0 Å². The maximum absolute atomic E-state index is 13.4. The topological polar surface area (TPSA) is 86.8 Å². The molecule has 0 saturated carbocycles. The number of rotatable bonds is 11. The van der Waals surface area contributed by atoms with Crippen LogP contribution in [-0.4, -0.2) is 50.5 Å². The first kappa shape index (κ1) is 27.1. The lowest BCUT2D eigenvalue weighted by Crippen LogP contribution is -2.51. The first-order valence-corrected chi connectivity index (χ1v) is 13.6. The van der Waals surface area contributed by atoms with Crippen LogP contribution in [0.5, 0.6) is 0 Å². The fourth-order valence-electron chi connectivity index (χ4n) is 3.20. The van der Waals surface area contributed by atoms with Crippen molar-refractivity contribution in [2.45, 2.75) is 39.3 Å². The van der Waals surface area contributed by atoms with E-state index in [1.54, 1.807) is 25.1 Å². The minimum Gasteiger partial charge on any atom is -0.354 e. The maximum Gasteiger partial charge on any atom is 0.244 e. The van der Waals surface area contributed by atoms with E-state index in [-0.39, 0.29) is 18.1 Å². The Balaban J connectivity index is 2.34. The van der Waals surface area contributed by atoms with Gasteiger partial charge in [0, 0.05) is 22.6 Å². The quantitative estimate of drug-likeness (QED) is 0.419. The largest absolute Gasteiger partial charge is 0.354 e. The summed E-state index contributed by atoms with van der Waals surface area (Å²) in [5.41, 5.74) is 1.08. The highest BCUT2D eigenvalue weighted by Gasteiger charge is 2.30. The molecule has 0 radical (unpaired) electrons. The number of nitrogens with one attached hydrogen (secondary N) is 1. The van der Waals surface area contributed by atoms with Crippen molar-refractivity contribution in [2.24, 2.45) is 0 Å². The second-order valence-electron chi connectivity index (χ2n) is 7.72. The SMILES string of the molecule is CCCCNC(=O)C(C)N(Cc1cccc(Br)c1)C(=O)CN(c1cccc(Cl)c1)S(C)(=O)=O. The molecule has 0 heterocycles. The van der Waals surface area contributed by atoms with Crippen LogP contribution in [0, 0.1) is 0 Å². The lowest BCUT2D eigenvalue weighted by Gasteiger charge is -2.31. The second kappa shape index (κ2) is 12.4. The number of halogens is 2. The van der Waals surface area contributed by atoms with Gasteiger partial charge < -0.3 is 10.2 Å². The van der Waals surface area contributed by atoms with Gasteiger partial charge in [-0.1, -0.05) is 59.1 Å². The highest BCUT2D eigenvalue weighted by Crippen LogP contribution is 2.23. The average molecular weight is 559 g/mol. The van der Waals surface area contributed by atoms with Crippen LogP contribution in [-0.2, 0) is 26.2 Å². The fourth-order valence-corrected chi connectivity index (χ4v) is 4.67. The van der Waals surface area contributed by atoms with Crippen molar-refractivity contribution >= 4 is 55.1 Å². The molecule has 2 aromatic rings. The van der Waals surface area contributed by atoms with Crippen LogP contribution in [0.1, 0.15) is 32.3 Å². The zero-order valence-corrected chi connectivity index (χ0v) is 22.1. The minimum atomic E-state index is -3.79. The maximum atomic E-state index is 13.4. The van der Waals surface area contributed by atoms with E-state index >= 15 is 0 Å². The summed E-state index contributed by atoms with van der Waals surface area (Å²) in [5, 5.41) is 3.20. The molecule has 0 fully saturated rings. The van der Waals surface area contributed by atoms with Crippen LogP contribution in [0.25, 0.3) is 0 Å². The Hall–Kier alpha value is -2.10. The Morgan fingerprint density at radius 1 is 1.15 bits per heavy atom. The van der Waals surface area contributed by atoms with Crippen LogP contribution < -0.4 is 9.62 Å². The minimum absolute atomic E-state index is 0.147. The molecule has 10 heteroatoms. The summed E-state index contributed by atoms with van der Waals surface area (Å²) in [4.78, 5) is 27.6. The molecule has 0 saturated heterocycles. The van der Waals surface area contributed by atoms with Crippen molar-refractivity contribution in [1.29, 1.82) is 0 Å². The van der Waals surface area contributed by atoms with Gasteiger partial charge in [0.2, 0.25) is 21.8 Å². The van der Waals surface area contributed by atoms with Gasteiger partial charge in [-0.3, -0.25) is 13.9 Å². The molecule has 1 atom stereocenters. The monoisotopic (exact) mass is 557 g/mol. The third kappa shape index (κ3) is 8.32. The molecule has 1 unspecified atom stereocenters. The van der Waals surface area contributed by atoms with Crippen LogP contribution >= 0.6 is 27.5 Å². The standard InChI is InChI=1S/C23H29BrClN3O4S/c1-4-5-12-26-23(30)17(2)27(15-18-8-6-9-19(24)13-18)22(29)16-28(33(3,31)32)21-11-7-10-20(25)14-21/h6-11,13-14,17H,4-5,12,15-16H2,1-3H3,(H,26,30). The normalized spacial score (nSPS) is 12.2. The average Bonchev–Trinajstić information content (AvgIpc) is 2.74. The zero-order valence-electron chi connectivity index (χ0n) is 18.9. The van der Waals surface area contributed by atoms with E-state index in [4.69, 9.17) is 11.6 Å². The van der Waals surface area contributed by atoms with E-state index in [1.165, 1.54) is 11.0 Å². The molecule has 1 N–H and O–H groups in total. The van der Waals surface area contributed by atoms with E-state index in [0.717, 1.165) is 33.4 Å². The highest BCUT2D eigenvalue weighted by molar-refractivity contribution is 9.10. The van der Waals surface area contributed by atoms with Crippen molar-refractivity contribution in [2.75, 3.05) is 23.7 Å². The number of carbonyl (C=O) groups is 2. The van der Waals surface area contributed by atoms with Gasteiger partial charge in [0.25, 0.3) is 0 Å². The van der Waals surface area contributed by atoms with Crippen LogP contribution in [0.2, 0.25) is 5.02 Å². The molecule has 0 spiro atoms. The predicted molar refractivity (Wildman–Crippen MR) is 136 cm³/mol. The predicted octanol–water partition coefficient (Wildman–Crippen LogP) is 4.20. The molecule has 2 rings (SSSR count). The Labute approximate surface area is 209 Å². The molecule has 2 amide bonds. The van der Waals surface area contributed by atoms with Gasteiger partial charge in [-0.25, -0.2) is 8.42 Å². The molecule has 0 aliphatic heterocycles. The van der Waals surface area contributed by atoms with Gasteiger partial charge >= 0.3 is 0 Å². The molecular weight excluding hydrogens is 530 g/mol. The van der Waals surface area contributed by atoms with Gasteiger partial charge in [0.15, 0.2) is 0 Å². The molecule has 0 aromatic heterocycles. The summed E-state index contributed by atoms with van der Waals surface area (Å²) >= 11 is 9.46. The van der Waals surface area contributed by atoms with E-state index in [2.05, 4.69) is 21.2 Å². The molecule has 0 bridgehead atoms. The zero-order chi connectivity index (χ0) is 24.6. The summed E-state index contributed by atoms with van der Waals surface area (Å²) in [5.74, 6) is -0.793. The van der Waals surface area contributed by atoms with E-state index in [1.807, 2.05) is 31.2 Å². The number of carbonyl (C=O) groups excluding carboxylic acids is 2. The summed E-state index contributed by atoms with van der Waals surface area (Å²) in [6.07, 6.45) is 2.79. The van der Waals surface area contributed by atoms with E-state index in [0.29, 0.717) is 11.6 Å². The Kier molecular flexibility index (Phi) is 10.2. The third-order valence-corrected chi connectivity index (χ3v) is 6.88. The number of hydrogen-bond acceptors (Lipinski definition) is 4. The van der Waals surface area contributed by atoms with Gasteiger partial charge in [-0.15, -0.1) is 0 Å². The smallest absolute Gasteiger partial charge is 0.244 e. The summed E-state index contributed by atoms with van der Waals surface area (Å²) in [6, 6.07) is 12.9. The Bertz CT molecular complexity index is 1080. The number of amides is 2. The number of benzene rings is 2. The van der Waals surface area contributed by atoms with Crippen molar-refractivity contribution in [3.8, 4) is 0 Å². The lowest BCUT2D eigenvalue weighted by molar-refractivity contribution is -0.139. The Morgan fingerprint density at radius 2 is 1.85 bits per heavy atom. The van der Waals surface area contributed by atoms with Gasteiger partial charge in [0.1, 0.15) is 12.6 Å².